The zero-order chi connectivity index (χ0) is 21.2. The molecule has 7 heteroatoms. The summed E-state index contributed by atoms with van der Waals surface area (Å²) in [6.07, 6.45) is 0.819. The van der Waals surface area contributed by atoms with Crippen LogP contribution in [0.5, 0.6) is 5.75 Å². The van der Waals surface area contributed by atoms with Gasteiger partial charge < -0.3 is 19.7 Å². The number of ether oxygens (including phenoxy) is 2. The van der Waals surface area contributed by atoms with Crippen LogP contribution in [-0.2, 0) is 20.7 Å². The second-order valence-electron chi connectivity index (χ2n) is 6.48. The number of nitrogens with one attached hydrogen (secondary N) is 1. The Kier molecular flexibility index (Phi) is 8.21. The first-order valence-corrected chi connectivity index (χ1v) is 9.29. The Morgan fingerprint density at radius 2 is 1.76 bits per heavy atom. The number of nitrogens with zero attached hydrogens (tertiary/aromatic N) is 1. The number of anilines is 1. The summed E-state index contributed by atoms with van der Waals surface area (Å²) in [5, 5.41) is 2.74. The average Bonchev–Trinajstić information content (AvgIpc) is 2.73. The molecule has 1 N–H and O–H groups in total. The van der Waals surface area contributed by atoms with Gasteiger partial charge in [-0.3, -0.25) is 9.59 Å². The molecular weight excluding hydrogens is 372 g/mol. The molecule has 2 aromatic rings. The van der Waals surface area contributed by atoms with E-state index in [0.717, 1.165) is 11.3 Å². The highest BCUT2D eigenvalue weighted by molar-refractivity contribution is 5.94. The summed E-state index contributed by atoms with van der Waals surface area (Å²) in [5.41, 5.74) is 1.91. The lowest BCUT2D eigenvalue weighted by molar-refractivity contribution is -0.129. The molecule has 0 aromatic heterocycles. The minimum Gasteiger partial charge on any atom is -0.497 e. The number of methoxy groups -OCH3 is 2. The van der Waals surface area contributed by atoms with E-state index in [-0.39, 0.29) is 18.2 Å². The molecule has 0 radical (unpaired) electrons. The Labute approximate surface area is 170 Å². The van der Waals surface area contributed by atoms with Crippen molar-refractivity contribution in [3.05, 3.63) is 59.7 Å². The van der Waals surface area contributed by atoms with Gasteiger partial charge in [-0.05, 0) is 42.3 Å². The van der Waals surface area contributed by atoms with Crippen molar-refractivity contribution in [2.24, 2.45) is 0 Å². The molecule has 2 amide bonds. The third-order valence-corrected chi connectivity index (χ3v) is 4.43. The maximum atomic E-state index is 12.3. The van der Waals surface area contributed by atoms with Crippen LogP contribution >= 0.6 is 0 Å². The minimum absolute atomic E-state index is 0.0895. The monoisotopic (exact) mass is 398 g/mol. The van der Waals surface area contributed by atoms with Crippen LogP contribution in [-0.4, -0.2) is 50.0 Å². The molecule has 0 heterocycles. The molecule has 0 saturated heterocycles. The van der Waals surface area contributed by atoms with Crippen LogP contribution in [0.2, 0.25) is 0 Å². The van der Waals surface area contributed by atoms with E-state index in [1.165, 1.54) is 14.0 Å². The van der Waals surface area contributed by atoms with E-state index < -0.39 is 5.97 Å². The lowest BCUT2D eigenvalue weighted by Crippen LogP contribution is -2.33. The van der Waals surface area contributed by atoms with Gasteiger partial charge >= 0.3 is 5.97 Å². The minimum atomic E-state index is -0.471. The van der Waals surface area contributed by atoms with Crippen molar-refractivity contribution in [2.45, 2.75) is 19.8 Å². The molecule has 7 nitrogen and oxygen atoms in total. The quantitative estimate of drug-likeness (QED) is 0.657. The molecule has 0 bridgehead atoms. The molecule has 0 aliphatic carbocycles. The normalized spacial score (nSPS) is 10.2. The van der Waals surface area contributed by atoms with Gasteiger partial charge in [0.05, 0.1) is 19.8 Å². The van der Waals surface area contributed by atoms with Crippen molar-refractivity contribution < 1.29 is 23.9 Å². The highest BCUT2D eigenvalue weighted by Crippen LogP contribution is 2.14. The Morgan fingerprint density at radius 1 is 1.00 bits per heavy atom. The molecule has 0 saturated carbocycles. The van der Waals surface area contributed by atoms with Crippen molar-refractivity contribution >= 4 is 23.5 Å². The van der Waals surface area contributed by atoms with Crippen molar-refractivity contribution in [3.8, 4) is 5.75 Å². The maximum absolute atomic E-state index is 12.3. The summed E-state index contributed by atoms with van der Waals surface area (Å²) in [6.45, 7) is 2.30. The number of carbonyl (C=O) groups excluding carboxylic acids is 3. The first-order valence-electron chi connectivity index (χ1n) is 9.29. The van der Waals surface area contributed by atoms with Gasteiger partial charge in [-0.15, -0.1) is 0 Å². The molecule has 154 valence electrons. The number of esters is 1. The molecule has 0 atom stereocenters. The third kappa shape index (κ3) is 6.95. The number of carbonyl (C=O) groups is 3. The fraction of sp³-hybridized carbons (Fsp3) is 0.318. The van der Waals surface area contributed by atoms with Gasteiger partial charge in [0.1, 0.15) is 5.75 Å². The van der Waals surface area contributed by atoms with Crippen LogP contribution in [0.1, 0.15) is 29.3 Å². The molecule has 0 aliphatic heterocycles. The van der Waals surface area contributed by atoms with Crippen LogP contribution in [0.3, 0.4) is 0 Å². The lowest BCUT2D eigenvalue weighted by atomic mass is 10.1. The SMILES string of the molecule is COC(=O)c1cccc(NC(=O)CCN(CCc2cccc(OC)c2)C(C)=O)c1. The third-order valence-electron chi connectivity index (χ3n) is 4.43. The number of benzene rings is 2. The molecule has 0 spiro atoms. The Morgan fingerprint density at radius 3 is 2.45 bits per heavy atom. The Bertz CT molecular complexity index is 866. The topological polar surface area (TPSA) is 84.9 Å². The molecule has 2 rings (SSSR count). The smallest absolute Gasteiger partial charge is 0.337 e. The van der Waals surface area contributed by atoms with Crippen LogP contribution in [0.15, 0.2) is 48.5 Å². The molecular formula is C22H26N2O5. The van der Waals surface area contributed by atoms with Gasteiger partial charge in [-0.1, -0.05) is 18.2 Å². The van der Waals surface area contributed by atoms with Gasteiger partial charge in [-0.2, -0.15) is 0 Å². The second kappa shape index (κ2) is 10.8. The van der Waals surface area contributed by atoms with E-state index in [1.807, 2.05) is 24.3 Å². The van der Waals surface area contributed by atoms with Crippen molar-refractivity contribution in [3.63, 3.8) is 0 Å². The van der Waals surface area contributed by atoms with Crippen LogP contribution in [0.25, 0.3) is 0 Å². The number of hydrogen-bond donors (Lipinski definition) is 1. The van der Waals surface area contributed by atoms with Crippen LogP contribution in [0.4, 0.5) is 5.69 Å². The molecule has 29 heavy (non-hydrogen) atoms. The predicted octanol–water partition coefficient (Wildman–Crippen LogP) is 2.90. The van der Waals surface area contributed by atoms with Gasteiger partial charge in [0.25, 0.3) is 0 Å². The van der Waals surface area contributed by atoms with E-state index in [4.69, 9.17) is 4.74 Å². The lowest BCUT2D eigenvalue weighted by Gasteiger charge is -2.21. The summed E-state index contributed by atoms with van der Waals surface area (Å²) in [5.74, 6) is -0.0279. The largest absolute Gasteiger partial charge is 0.497 e. The zero-order valence-corrected chi connectivity index (χ0v) is 16.9. The van der Waals surface area contributed by atoms with E-state index >= 15 is 0 Å². The number of rotatable bonds is 9. The van der Waals surface area contributed by atoms with Gasteiger partial charge in [-0.25, -0.2) is 4.79 Å². The molecule has 2 aromatic carbocycles. The second-order valence-corrected chi connectivity index (χ2v) is 6.48. The first-order chi connectivity index (χ1) is 13.9. The summed E-state index contributed by atoms with van der Waals surface area (Å²) >= 11 is 0. The van der Waals surface area contributed by atoms with Crippen LogP contribution < -0.4 is 10.1 Å². The van der Waals surface area contributed by atoms with Gasteiger partial charge in [0.2, 0.25) is 11.8 Å². The summed E-state index contributed by atoms with van der Waals surface area (Å²) < 4.78 is 9.89. The zero-order valence-electron chi connectivity index (χ0n) is 16.9. The van der Waals surface area contributed by atoms with Crippen LogP contribution in [0, 0.1) is 0 Å². The number of hydrogen-bond acceptors (Lipinski definition) is 5. The van der Waals surface area contributed by atoms with Gasteiger partial charge in [0.15, 0.2) is 0 Å². The summed E-state index contributed by atoms with van der Waals surface area (Å²) in [4.78, 5) is 37.4. The standard InChI is InChI=1S/C22H26N2O5/c1-16(25)24(12-10-17-6-4-9-20(14-17)28-2)13-11-21(26)23-19-8-5-7-18(15-19)22(27)29-3/h4-9,14-15H,10-13H2,1-3H3,(H,23,26). The highest BCUT2D eigenvalue weighted by atomic mass is 16.5. The Hall–Kier alpha value is -3.35. The predicted molar refractivity (Wildman–Crippen MR) is 110 cm³/mol. The fourth-order valence-corrected chi connectivity index (χ4v) is 2.82. The van der Waals surface area contributed by atoms with Crippen molar-refractivity contribution in [1.29, 1.82) is 0 Å². The first kappa shape index (κ1) is 21.9. The van der Waals surface area contributed by atoms with Crippen molar-refractivity contribution in [1.82, 2.24) is 4.90 Å². The van der Waals surface area contributed by atoms with E-state index in [1.54, 1.807) is 36.3 Å². The maximum Gasteiger partial charge on any atom is 0.337 e. The molecule has 0 aliphatic rings. The highest BCUT2D eigenvalue weighted by Gasteiger charge is 2.13. The number of amides is 2. The average molecular weight is 398 g/mol. The summed E-state index contributed by atoms with van der Waals surface area (Å²) in [7, 11) is 2.91. The molecule has 0 fully saturated rings. The van der Waals surface area contributed by atoms with Crippen molar-refractivity contribution in [2.75, 3.05) is 32.6 Å². The summed E-state index contributed by atoms with van der Waals surface area (Å²) in [6, 6.07) is 14.2. The Balaban J connectivity index is 1.88. The van der Waals surface area contributed by atoms with Gasteiger partial charge in [0, 0.05) is 32.1 Å². The van der Waals surface area contributed by atoms with E-state index in [0.29, 0.717) is 30.8 Å². The van der Waals surface area contributed by atoms with E-state index in [2.05, 4.69) is 10.1 Å². The molecule has 0 unspecified atom stereocenters. The fourth-order valence-electron chi connectivity index (χ4n) is 2.82. The van der Waals surface area contributed by atoms with E-state index in [9.17, 15) is 14.4 Å².